The molecule has 0 unspecified atom stereocenters. The molecule has 4 aromatic rings. The molecule has 0 spiro atoms. The van der Waals surface area contributed by atoms with Gasteiger partial charge in [-0.1, -0.05) is 24.3 Å². The molecule has 5 N–H and O–H groups in total. The van der Waals surface area contributed by atoms with E-state index in [0.717, 1.165) is 16.0 Å². The van der Waals surface area contributed by atoms with Crippen molar-refractivity contribution in [1.29, 1.82) is 0 Å². The first kappa shape index (κ1) is 22.9. The van der Waals surface area contributed by atoms with Gasteiger partial charge in [-0.05, 0) is 89.8 Å². The third-order valence-corrected chi connectivity index (χ3v) is 5.83. The van der Waals surface area contributed by atoms with Gasteiger partial charge in [0.15, 0.2) is 0 Å². The van der Waals surface area contributed by atoms with E-state index in [2.05, 4.69) is 10.0 Å². The quantitative estimate of drug-likeness (QED) is 0.157. The number of amides is 2. The average molecular weight is 474 g/mol. The highest BCUT2D eigenvalue weighted by atomic mass is 32.2. The number of halogens is 1. The van der Waals surface area contributed by atoms with Crippen LogP contribution < -0.4 is 15.8 Å². The van der Waals surface area contributed by atoms with Gasteiger partial charge in [-0.2, -0.15) is 0 Å². The summed E-state index contributed by atoms with van der Waals surface area (Å²) in [6.45, 7) is 0. The number of benzene rings is 4. The maximum atomic E-state index is 13.1. The summed E-state index contributed by atoms with van der Waals surface area (Å²) in [4.78, 5) is 24.7. The van der Waals surface area contributed by atoms with E-state index in [1.165, 1.54) is 30.1 Å². The van der Waals surface area contributed by atoms with Crippen LogP contribution in [0.4, 0.5) is 15.8 Å². The lowest BCUT2D eigenvalue weighted by molar-refractivity contribution is 0.0997. The molecule has 0 bridgehead atoms. The van der Waals surface area contributed by atoms with Crippen LogP contribution in [0.2, 0.25) is 0 Å². The van der Waals surface area contributed by atoms with Gasteiger partial charge in [-0.3, -0.25) is 9.59 Å². The molecule has 0 fully saturated rings. The van der Waals surface area contributed by atoms with Crippen LogP contribution >= 0.6 is 11.9 Å². The number of nitrogens with two attached hydrogens (primary N) is 1. The molecule has 2 amide bonds. The zero-order valence-electron chi connectivity index (χ0n) is 17.8. The third kappa shape index (κ3) is 5.54. The van der Waals surface area contributed by atoms with Gasteiger partial charge >= 0.3 is 0 Å². The van der Waals surface area contributed by atoms with Crippen molar-refractivity contribution in [2.75, 3.05) is 10.0 Å². The molecule has 4 aromatic carbocycles. The van der Waals surface area contributed by atoms with Crippen LogP contribution in [0.15, 0.2) is 95.9 Å². The highest BCUT2D eigenvalue weighted by Crippen LogP contribution is 2.31. The van der Waals surface area contributed by atoms with Crippen LogP contribution in [0.1, 0.15) is 20.7 Å². The molecule has 0 atom stereocenters. The summed E-state index contributed by atoms with van der Waals surface area (Å²) in [6, 6.07) is 24.6. The van der Waals surface area contributed by atoms with E-state index in [9.17, 15) is 19.1 Å². The van der Waals surface area contributed by atoms with Crippen molar-refractivity contribution in [3.63, 3.8) is 0 Å². The number of primary amides is 1. The summed E-state index contributed by atoms with van der Waals surface area (Å²) in [5, 5.41) is 12.9. The van der Waals surface area contributed by atoms with Gasteiger partial charge in [0, 0.05) is 21.7 Å². The number of phenolic OH excluding ortho intramolecular Hbond substituents is 1. The molecule has 170 valence electrons. The minimum atomic E-state index is -0.486. The Morgan fingerprint density at radius 3 is 1.97 bits per heavy atom. The smallest absolute Gasteiger partial charge is 0.255 e. The second-order valence-corrected chi connectivity index (χ2v) is 8.24. The number of phenols is 1. The van der Waals surface area contributed by atoms with Crippen LogP contribution in [-0.4, -0.2) is 16.9 Å². The molecule has 0 saturated heterocycles. The highest BCUT2D eigenvalue weighted by Gasteiger charge is 2.10. The standard InChI is InChI=1S/C26H20FN3O3S/c27-20-9-12-22(13-10-20)34-30-23-15-21(11-14-24(23)31)29-26(33)19-7-3-17(4-8-19)16-1-5-18(6-2-16)25(28)32/h1-15,30-31H,(H2,28,32)(H,29,33). The lowest BCUT2D eigenvalue weighted by Gasteiger charge is -2.11. The Morgan fingerprint density at radius 2 is 1.38 bits per heavy atom. The SMILES string of the molecule is NC(=O)c1ccc(-c2ccc(C(=O)Nc3ccc(O)c(NSc4ccc(F)cc4)c3)cc2)cc1. The summed E-state index contributed by atoms with van der Waals surface area (Å²) in [7, 11) is 0. The lowest BCUT2D eigenvalue weighted by Crippen LogP contribution is -2.11. The minimum Gasteiger partial charge on any atom is -0.506 e. The fourth-order valence-corrected chi connectivity index (χ4v) is 3.82. The van der Waals surface area contributed by atoms with Crippen LogP contribution in [0, 0.1) is 5.82 Å². The Bertz CT molecular complexity index is 1330. The van der Waals surface area contributed by atoms with E-state index in [0.29, 0.717) is 22.5 Å². The number of hydrogen-bond acceptors (Lipinski definition) is 5. The monoisotopic (exact) mass is 473 g/mol. The Kier molecular flexibility index (Phi) is 6.79. The molecular formula is C26H20FN3O3S. The molecule has 34 heavy (non-hydrogen) atoms. The van der Waals surface area contributed by atoms with Gasteiger partial charge in [-0.25, -0.2) is 4.39 Å². The van der Waals surface area contributed by atoms with Crippen molar-refractivity contribution in [2.45, 2.75) is 4.90 Å². The predicted molar refractivity (Wildman–Crippen MR) is 132 cm³/mol. The summed E-state index contributed by atoms with van der Waals surface area (Å²) in [6.07, 6.45) is 0. The van der Waals surface area contributed by atoms with Crippen molar-refractivity contribution in [3.05, 3.63) is 108 Å². The van der Waals surface area contributed by atoms with E-state index in [1.807, 2.05) is 12.1 Å². The van der Waals surface area contributed by atoms with Crippen LogP contribution in [-0.2, 0) is 0 Å². The zero-order chi connectivity index (χ0) is 24.1. The molecule has 0 heterocycles. The molecule has 4 rings (SSSR count). The maximum absolute atomic E-state index is 13.1. The Morgan fingerprint density at radius 1 is 0.794 bits per heavy atom. The minimum absolute atomic E-state index is 0.0133. The van der Waals surface area contributed by atoms with Gasteiger partial charge in [0.25, 0.3) is 5.91 Å². The topological polar surface area (TPSA) is 104 Å². The average Bonchev–Trinajstić information content (AvgIpc) is 2.85. The molecule has 8 heteroatoms. The van der Waals surface area contributed by atoms with E-state index in [-0.39, 0.29) is 17.5 Å². The number of anilines is 2. The highest BCUT2D eigenvalue weighted by molar-refractivity contribution is 8.00. The second-order valence-electron chi connectivity index (χ2n) is 7.36. The maximum Gasteiger partial charge on any atom is 0.255 e. The lowest BCUT2D eigenvalue weighted by atomic mass is 10.0. The largest absolute Gasteiger partial charge is 0.506 e. The van der Waals surface area contributed by atoms with Crippen LogP contribution in [0.5, 0.6) is 5.75 Å². The van der Waals surface area contributed by atoms with Gasteiger partial charge in [0.2, 0.25) is 5.91 Å². The van der Waals surface area contributed by atoms with Crippen molar-refractivity contribution in [3.8, 4) is 16.9 Å². The summed E-state index contributed by atoms with van der Waals surface area (Å²) in [5.74, 6) is -1.11. The first-order chi connectivity index (χ1) is 16.4. The molecule has 0 aliphatic rings. The number of carbonyl (C=O) groups excluding carboxylic acids is 2. The first-order valence-electron chi connectivity index (χ1n) is 10.2. The van der Waals surface area contributed by atoms with Crippen molar-refractivity contribution in [1.82, 2.24) is 0 Å². The molecular weight excluding hydrogens is 453 g/mol. The Balaban J connectivity index is 1.42. The molecule has 0 aromatic heterocycles. The van der Waals surface area contributed by atoms with E-state index < -0.39 is 5.91 Å². The Labute approximate surface area is 199 Å². The number of hydrogen-bond donors (Lipinski definition) is 4. The molecule has 0 aliphatic carbocycles. The van der Waals surface area contributed by atoms with E-state index in [4.69, 9.17) is 5.73 Å². The predicted octanol–water partition coefficient (Wildman–Crippen LogP) is 5.67. The molecule has 0 aliphatic heterocycles. The van der Waals surface area contributed by atoms with Gasteiger partial charge < -0.3 is 20.9 Å². The fraction of sp³-hybridized carbons (Fsp3) is 0. The van der Waals surface area contributed by atoms with Crippen molar-refractivity contribution >= 4 is 35.1 Å². The number of carbonyl (C=O) groups is 2. The number of nitrogens with one attached hydrogen (secondary N) is 2. The molecule has 0 radical (unpaired) electrons. The number of rotatable bonds is 7. The van der Waals surface area contributed by atoms with Crippen LogP contribution in [0.25, 0.3) is 11.1 Å². The Hall–Kier alpha value is -4.30. The first-order valence-corrected chi connectivity index (χ1v) is 11.0. The van der Waals surface area contributed by atoms with Crippen LogP contribution in [0.3, 0.4) is 0 Å². The van der Waals surface area contributed by atoms with E-state index in [1.54, 1.807) is 60.7 Å². The van der Waals surface area contributed by atoms with Crippen molar-refractivity contribution < 1.29 is 19.1 Å². The van der Waals surface area contributed by atoms with Gasteiger partial charge in [0.05, 0.1) is 5.69 Å². The van der Waals surface area contributed by atoms with Gasteiger partial charge in [0.1, 0.15) is 11.6 Å². The van der Waals surface area contributed by atoms with Gasteiger partial charge in [-0.15, -0.1) is 0 Å². The normalized spacial score (nSPS) is 10.5. The van der Waals surface area contributed by atoms with E-state index >= 15 is 0 Å². The number of aromatic hydroxyl groups is 1. The zero-order valence-corrected chi connectivity index (χ0v) is 18.6. The van der Waals surface area contributed by atoms with Crippen molar-refractivity contribution in [2.24, 2.45) is 5.73 Å². The fourth-order valence-electron chi connectivity index (χ4n) is 3.16. The summed E-state index contributed by atoms with van der Waals surface area (Å²) in [5.41, 5.74) is 8.84. The molecule has 6 nitrogen and oxygen atoms in total. The third-order valence-electron chi connectivity index (χ3n) is 5.00. The second kappa shape index (κ2) is 10.1. The summed E-state index contributed by atoms with van der Waals surface area (Å²) >= 11 is 1.21. The molecule has 0 saturated carbocycles. The summed E-state index contributed by atoms with van der Waals surface area (Å²) < 4.78 is 16.1.